The highest BCUT2D eigenvalue weighted by molar-refractivity contribution is 14.1. The van der Waals surface area contributed by atoms with Crippen molar-refractivity contribution in [2.45, 2.75) is 125 Å². The van der Waals surface area contributed by atoms with Crippen molar-refractivity contribution in [1.82, 2.24) is 59.5 Å². The molecule has 8 atom stereocenters. The molecule has 2 aromatic carbocycles. The van der Waals surface area contributed by atoms with Gasteiger partial charge in [0.25, 0.3) is 11.8 Å². The van der Waals surface area contributed by atoms with Crippen molar-refractivity contribution in [3.05, 3.63) is 83.0 Å². The molecule has 0 bridgehead atoms. The zero-order chi connectivity index (χ0) is 58.3. The van der Waals surface area contributed by atoms with Gasteiger partial charge >= 0.3 is 12.2 Å². The van der Waals surface area contributed by atoms with Crippen LogP contribution in [0, 0.1) is 39.9 Å². The number of rotatable bonds is 10. The number of imidazole rings is 2. The molecule has 2 aliphatic carbocycles. The van der Waals surface area contributed by atoms with Crippen LogP contribution in [0.4, 0.5) is 21.2 Å². The maximum absolute atomic E-state index is 12.5. The van der Waals surface area contributed by atoms with Crippen molar-refractivity contribution < 1.29 is 58.6 Å². The molecular weight excluding hydrogens is 1190 g/mol. The van der Waals surface area contributed by atoms with Gasteiger partial charge in [0, 0.05) is 73.7 Å². The smallest absolute Gasteiger partial charge is 0.410 e. The largest absolute Gasteiger partial charge is 0.415 e. The second-order valence-electron chi connectivity index (χ2n) is 21.0. The normalized spacial score (nSPS) is 24.3. The van der Waals surface area contributed by atoms with Crippen molar-refractivity contribution in [2.75, 3.05) is 37.6 Å². The van der Waals surface area contributed by atoms with E-state index in [1.807, 2.05) is 59.0 Å². The Balaban J connectivity index is 0.000000154. The topological polar surface area (TPSA) is 356 Å². The summed E-state index contributed by atoms with van der Waals surface area (Å²) < 4.78 is 25.4. The Bertz CT molecular complexity index is 3390. The van der Waals surface area contributed by atoms with Crippen molar-refractivity contribution in [3.8, 4) is 35.7 Å². The summed E-state index contributed by atoms with van der Waals surface area (Å²) in [5, 5.41) is 47.2. The van der Waals surface area contributed by atoms with Gasteiger partial charge in [-0.3, -0.25) is 18.7 Å². The predicted molar refractivity (Wildman–Crippen MR) is 305 cm³/mol. The lowest BCUT2D eigenvalue weighted by Crippen LogP contribution is -2.43. The zero-order valence-electron chi connectivity index (χ0n) is 44.9. The predicted octanol–water partition coefficient (Wildman–Crippen LogP) is 2.79. The molecule has 6 aliphatic rings. The van der Waals surface area contributed by atoms with Crippen LogP contribution in [0.1, 0.15) is 82.5 Å². The lowest BCUT2D eigenvalue weighted by atomic mass is 9.94. The number of aliphatic hydroxyl groups excluding tert-OH is 4. The van der Waals surface area contributed by atoms with Crippen LogP contribution in [-0.4, -0.2) is 168 Å². The zero-order valence-corrected chi connectivity index (χ0v) is 47.1. The fourth-order valence-electron chi connectivity index (χ4n) is 9.90. The third-order valence-corrected chi connectivity index (χ3v) is 15.4. The molecule has 6 aromatic rings. The van der Waals surface area contributed by atoms with Crippen molar-refractivity contribution in [2.24, 2.45) is 11.8 Å². The highest BCUT2D eigenvalue weighted by atomic mass is 127. The van der Waals surface area contributed by atoms with Gasteiger partial charge < -0.3 is 71.3 Å². The van der Waals surface area contributed by atoms with Gasteiger partial charge in [-0.05, 0) is 93.4 Å². The molecule has 0 radical (unpaired) electrons. The van der Waals surface area contributed by atoms with E-state index in [4.69, 9.17) is 36.8 Å². The summed E-state index contributed by atoms with van der Waals surface area (Å²) >= 11 is 1.91. The second kappa shape index (κ2) is 26.2. The van der Waals surface area contributed by atoms with Gasteiger partial charge in [0.05, 0.1) is 12.7 Å². The minimum atomic E-state index is -1.42. The van der Waals surface area contributed by atoms with Gasteiger partial charge in [0.15, 0.2) is 51.4 Å². The average Bonchev–Trinajstić information content (AvgIpc) is 4.31. The second-order valence-corrected chi connectivity index (χ2v) is 22.0. The van der Waals surface area contributed by atoms with Crippen LogP contribution in [0.25, 0.3) is 22.3 Å². The van der Waals surface area contributed by atoms with E-state index in [0.29, 0.717) is 63.4 Å². The van der Waals surface area contributed by atoms with Gasteiger partial charge in [-0.1, -0.05) is 42.3 Å². The Kier molecular flexibility index (Phi) is 18.5. The number of amides is 4. The quantitative estimate of drug-likeness (QED) is 0.0555. The van der Waals surface area contributed by atoms with Crippen LogP contribution in [0.2, 0.25) is 0 Å². The molecule has 2 saturated carbocycles. The van der Waals surface area contributed by atoms with Crippen LogP contribution in [0.15, 0.2) is 73.3 Å². The fraction of sp³-hybridized carbons (Fsp3) is 0.464. The van der Waals surface area contributed by atoms with Crippen LogP contribution in [-0.2, 0) is 19.1 Å². The molecule has 10 N–H and O–H groups in total. The summed E-state index contributed by atoms with van der Waals surface area (Å²) in [7, 11) is 0. The summed E-state index contributed by atoms with van der Waals surface area (Å²) in [6.45, 7) is 2.64. The number of hydrogen-bond donors (Lipinski definition) is 8. The number of aliphatic hydroxyl groups is 4. The van der Waals surface area contributed by atoms with Gasteiger partial charge in [-0.15, -0.1) is 12.3 Å². The van der Waals surface area contributed by atoms with Gasteiger partial charge in [0.1, 0.15) is 46.9 Å². The number of piperidine rings is 2. The minimum Gasteiger partial charge on any atom is -0.410 e. The number of ether oxygens (including phenoxy) is 4. The number of nitrogens with zero attached hydrogens (tertiary/aromatic N) is 10. The molecule has 4 aromatic heterocycles. The van der Waals surface area contributed by atoms with E-state index in [1.165, 1.54) is 21.8 Å². The van der Waals surface area contributed by atoms with Gasteiger partial charge in [-0.2, -0.15) is 0 Å². The first-order valence-electron chi connectivity index (χ1n) is 27.4. The number of terminal acetylenes is 1. The maximum Gasteiger partial charge on any atom is 0.415 e. The van der Waals surface area contributed by atoms with E-state index in [2.05, 4.69) is 58.3 Å². The number of para-hydroxylation sites is 2. The monoisotopic (exact) mass is 1250 g/mol. The fourth-order valence-corrected chi connectivity index (χ4v) is 10.4. The van der Waals surface area contributed by atoms with Gasteiger partial charge in [-0.25, -0.2) is 39.5 Å². The van der Waals surface area contributed by atoms with E-state index in [0.717, 1.165) is 70.9 Å². The van der Waals surface area contributed by atoms with Crippen LogP contribution < -0.4 is 31.6 Å². The maximum atomic E-state index is 12.5. The van der Waals surface area contributed by atoms with Gasteiger partial charge in [0.2, 0.25) is 5.82 Å². The number of benzene rings is 2. The Labute approximate surface area is 489 Å². The third kappa shape index (κ3) is 14.2. The summed E-state index contributed by atoms with van der Waals surface area (Å²) in [4.78, 5) is 77.8. The number of anilines is 2. The van der Waals surface area contributed by atoms with E-state index >= 15 is 0 Å². The molecule has 27 heteroatoms. The van der Waals surface area contributed by atoms with Crippen molar-refractivity contribution in [1.29, 1.82) is 0 Å². The Morgan fingerprint density at radius 3 is 1.49 bits per heavy atom. The average molecular weight is 1250 g/mol. The molecule has 2 unspecified atom stereocenters. The summed E-state index contributed by atoms with van der Waals surface area (Å²) in [5.74, 6) is 10.3. The van der Waals surface area contributed by atoms with Crippen LogP contribution in [0.3, 0.4) is 0 Å². The number of nitrogens with one attached hydrogen (secondary N) is 2. The molecule has 4 aliphatic heterocycles. The Morgan fingerprint density at radius 2 is 1.05 bits per heavy atom. The van der Waals surface area contributed by atoms with Crippen LogP contribution >= 0.6 is 22.6 Å². The number of carbonyl (C=O) groups is 4. The molecular formula is C56H63IN14O12. The number of nitrogen functional groups attached to an aromatic ring is 2. The highest BCUT2D eigenvalue weighted by Gasteiger charge is 2.50. The third-order valence-electron chi connectivity index (χ3n) is 14.9. The number of halogens is 1. The Morgan fingerprint density at radius 1 is 0.614 bits per heavy atom. The Hall–Kier alpha value is -7.77. The molecule has 4 amide bonds. The number of aromatic nitrogens is 8. The number of carbonyl (C=O) groups excluding carboxylic acids is 4. The molecule has 0 spiro atoms. The van der Waals surface area contributed by atoms with Crippen molar-refractivity contribution >= 4 is 80.6 Å². The SMILES string of the molecule is C#CCC1CCN(C(=O)Oc2ccccc2)CC1.Nc1nc(C#CCC2CCN(C(=O)Oc3ccccc3)CC2)nc2c1ncn2[C@@H]1O[C@H](C(=O)NC2CC2)[C@H](O)C1O.Nc1nc(I)nc2c1ncn2[C@@H]1O[C@H](C(=O)NC2CC2)[C@H](O)C1O. The molecule has 4 saturated heterocycles. The van der Waals surface area contributed by atoms with Crippen molar-refractivity contribution in [3.63, 3.8) is 0 Å². The molecule has 8 heterocycles. The van der Waals surface area contributed by atoms with E-state index < -0.39 is 60.9 Å². The first-order valence-corrected chi connectivity index (χ1v) is 28.5. The number of nitrogens with two attached hydrogens (primary N) is 2. The summed E-state index contributed by atoms with van der Waals surface area (Å²) in [6.07, 6.45) is 6.07. The summed E-state index contributed by atoms with van der Waals surface area (Å²) in [6, 6.07) is 18.4. The number of hydrogen-bond acceptors (Lipinski definition) is 20. The van der Waals surface area contributed by atoms with Crippen LogP contribution in [0.5, 0.6) is 11.5 Å². The van der Waals surface area contributed by atoms with E-state index in [-0.39, 0.29) is 47.4 Å². The lowest BCUT2D eigenvalue weighted by molar-refractivity contribution is -0.138. The summed E-state index contributed by atoms with van der Waals surface area (Å²) in [5.41, 5.74) is 13.2. The standard InChI is InChI=1S/C28H31N7O6.C15H17NO2.C13H15IN6O4/c29-24-20-25(35(15-30-20)27-22(37)21(36)23(41-27)26(38)31-17-9-10-17)33-19(32-24)8-4-5-16-11-13-34(14-12-16)28(39)40-18-6-2-1-3-7-18;1-2-6-13-9-11-16(12-10-13)15(17)18-14-7-4-3-5-8-14;14-13-18-9(15)5-10(19-13)20(3-16-5)12-7(22)6(21)8(24-12)11(23)17-4-1-2-4/h1-3,6-7,15-17,21-23,27,36-37H,5,9-14H2,(H,31,38)(H2,29,32,33);1,3-5,7-8,13H,6,9-12H2;3-4,6-8,12,21-22H,1-2H2,(H,17,23)(H2,15,18,19)/t21-,22?,23+,27-;;6-,7?,8+,12-/m1.1/s1. The highest BCUT2D eigenvalue weighted by Crippen LogP contribution is 2.35. The molecule has 12 rings (SSSR count). The first kappa shape index (κ1) is 58.4. The van der Waals surface area contributed by atoms with E-state index in [9.17, 15) is 39.6 Å². The molecule has 83 heavy (non-hydrogen) atoms. The lowest BCUT2D eigenvalue weighted by Gasteiger charge is -2.30. The van der Waals surface area contributed by atoms with E-state index in [1.54, 1.807) is 34.1 Å². The molecule has 6 fully saturated rings. The molecule has 26 nitrogen and oxygen atoms in total. The first-order chi connectivity index (χ1) is 40.1. The molecule has 436 valence electrons. The minimum absolute atomic E-state index is 0.0842. The number of fused-ring (bicyclic) bond motifs is 2. The number of likely N-dealkylation sites (tertiary alicyclic amines) is 2.